The molecule has 0 aliphatic heterocycles. The lowest BCUT2D eigenvalue weighted by Crippen LogP contribution is -2.37. The van der Waals surface area contributed by atoms with Crippen LogP contribution in [-0.2, 0) is 4.79 Å². The third-order valence-electron chi connectivity index (χ3n) is 2.26. The number of carboxylic acid groups (broad SMARTS) is 1. The van der Waals surface area contributed by atoms with Crippen LogP contribution in [-0.4, -0.2) is 28.0 Å². The van der Waals surface area contributed by atoms with E-state index >= 15 is 0 Å². The van der Waals surface area contributed by atoms with Crippen LogP contribution in [0.5, 0.6) is 0 Å². The predicted molar refractivity (Wildman–Crippen MR) is 60.9 cm³/mol. The number of aromatic amines is 1. The van der Waals surface area contributed by atoms with Crippen LogP contribution in [0.1, 0.15) is 30.3 Å². The second-order valence-corrected chi connectivity index (χ2v) is 3.61. The maximum atomic E-state index is 11.7. The van der Waals surface area contributed by atoms with E-state index in [4.69, 9.17) is 5.11 Å². The summed E-state index contributed by atoms with van der Waals surface area (Å²) in [6, 6.07) is 3.78. The van der Waals surface area contributed by atoms with Crippen LogP contribution in [0.3, 0.4) is 0 Å². The summed E-state index contributed by atoms with van der Waals surface area (Å²) in [4.78, 5) is 35.6. The van der Waals surface area contributed by atoms with E-state index in [-0.39, 0.29) is 17.7 Å². The Morgan fingerprint density at radius 2 is 2.18 bits per heavy atom. The van der Waals surface area contributed by atoms with Crippen molar-refractivity contribution < 1.29 is 14.7 Å². The quantitative estimate of drug-likeness (QED) is 0.689. The maximum Gasteiger partial charge on any atom is 0.305 e. The fourth-order valence-corrected chi connectivity index (χ4v) is 1.35. The van der Waals surface area contributed by atoms with Crippen LogP contribution in [0, 0.1) is 0 Å². The van der Waals surface area contributed by atoms with Crippen molar-refractivity contribution in [1.82, 2.24) is 10.3 Å². The highest BCUT2D eigenvalue weighted by atomic mass is 16.4. The first kappa shape index (κ1) is 13.0. The molecule has 6 heteroatoms. The fraction of sp³-hybridized carbons (Fsp3) is 0.364. The Kier molecular flexibility index (Phi) is 4.45. The van der Waals surface area contributed by atoms with E-state index in [9.17, 15) is 14.4 Å². The number of carbonyl (C=O) groups is 2. The summed E-state index contributed by atoms with van der Waals surface area (Å²) in [5.74, 6) is -1.45. The van der Waals surface area contributed by atoms with Gasteiger partial charge in [-0.2, -0.15) is 0 Å². The summed E-state index contributed by atoms with van der Waals surface area (Å²) in [5.41, 5.74) is -0.245. The van der Waals surface area contributed by atoms with Crippen LogP contribution >= 0.6 is 0 Å². The minimum atomic E-state index is -0.973. The number of pyridine rings is 1. The molecule has 1 unspecified atom stereocenters. The van der Waals surface area contributed by atoms with Crippen molar-refractivity contribution >= 4 is 11.9 Å². The predicted octanol–water partition coefficient (Wildman–Crippen LogP) is 0.358. The number of rotatable bonds is 5. The molecule has 1 heterocycles. The molecule has 1 amide bonds. The monoisotopic (exact) mass is 238 g/mol. The molecule has 0 bridgehead atoms. The highest BCUT2D eigenvalue weighted by molar-refractivity contribution is 5.92. The third-order valence-corrected chi connectivity index (χ3v) is 2.26. The van der Waals surface area contributed by atoms with Crippen LogP contribution in [0.15, 0.2) is 23.0 Å². The molecule has 0 fully saturated rings. The molecule has 0 radical (unpaired) electrons. The molecule has 1 aromatic heterocycles. The standard InChI is InChI=1S/C11H14N2O4/c1-2-7(6-10(15)16)12-11(17)8-4-3-5-9(14)13-8/h3-5,7H,2,6H2,1H3,(H,12,17)(H,13,14)(H,15,16). The lowest BCUT2D eigenvalue weighted by Gasteiger charge is -2.14. The minimum Gasteiger partial charge on any atom is -0.481 e. The van der Waals surface area contributed by atoms with Gasteiger partial charge in [0.2, 0.25) is 5.56 Å². The fourth-order valence-electron chi connectivity index (χ4n) is 1.35. The number of carbonyl (C=O) groups excluding carboxylic acids is 1. The van der Waals surface area contributed by atoms with E-state index in [2.05, 4.69) is 10.3 Å². The summed E-state index contributed by atoms with van der Waals surface area (Å²) in [6.07, 6.45) is 0.369. The molecule has 92 valence electrons. The Morgan fingerprint density at radius 3 is 2.71 bits per heavy atom. The van der Waals surface area contributed by atoms with E-state index in [1.165, 1.54) is 18.2 Å². The van der Waals surface area contributed by atoms with E-state index in [1.54, 1.807) is 6.92 Å². The molecule has 1 atom stereocenters. The zero-order valence-electron chi connectivity index (χ0n) is 9.40. The van der Waals surface area contributed by atoms with Gasteiger partial charge in [0.15, 0.2) is 0 Å². The SMILES string of the molecule is CCC(CC(=O)O)NC(=O)c1cccc(=O)[nH]1. The summed E-state index contributed by atoms with van der Waals surface area (Å²) in [6.45, 7) is 1.78. The Hall–Kier alpha value is -2.11. The van der Waals surface area contributed by atoms with Crippen molar-refractivity contribution in [1.29, 1.82) is 0 Å². The lowest BCUT2D eigenvalue weighted by molar-refractivity contribution is -0.137. The van der Waals surface area contributed by atoms with E-state index < -0.39 is 17.9 Å². The first-order valence-electron chi connectivity index (χ1n) is 5.25. The molecule has 0 aliphatic carbocycles. The number of amides is 1. The van der Waals surface area contributed by atoms with Crippen molar-refractivity contribution in [3.8, 4) is 0 Å². The molecular weight excluding hydrogens is 224 g/mol. The molecule has 6 nitrogen and oxygen atoms in total. The number of hydrogen-bond donors (Lipinski definition) is 3. The summed E-state index contributed by atoms with van der Waals surface area (Å²) >= 11 is 0. The number of aromatic nitrogens is 1. The molecule has 0 aliphatic rings. The Labute approximate surface area is 97.7 Å². The molecule has 3 N–H and O–H groups in total. The van der Waals surface area contributed by atoms with Crippen LogP contribution in [0.4, 0.5) is 0 Å². The Balaban J connectivity index is 2.71. The first-order chi connectivity index (χ1) is 8.02. The average Bonchev–Trinajstić information content (AvgIpc) is 2.27. The third kappa shape index (κ3) is 4.10. The maximum absolute atomic E-state index is 11.7. The zero-order chi connectivity index (χ0) is 12.8. The molecule has 1 aromatic rings. The number of H-pyrrole nitrogens is 1. The Morgan fingerprint density at radius 1 is 1.47 bits per heavy atom. The highest BCUT2D eigenvalue weighted by Crippen LogP contribution is 2.00. The summed E-state index contributed by atoms with van der Waals surface area (Å²) < 4.78 is 0. The highest BCUT2D eigenvalue weighted by Gasteiger charge is 2.15. The van der Waals surface area contributed by atoms with Gasteiger partial charge in [-0.05, 0) is 12.5 Å². The Bertz CT molecular complexity index is 467. The topological polar surface area (TPSA) is 99.3 Å². The van der Waals surface area contributed by atoms with Crippen molar-refractivity contribution in [2.45, 2.75) is 25.8 Å². The average molecular weight is 238 g/mol. The smallest absolute Gasteiger partial charge is 0.305 e. The first-order valence-corrected chi connectivity index (χ1v) is 5.25. The lowest BCUT2D eigenvalue weighted by atomic mass is 10.1. The molecule has 0 saturated heterocycles. The van der Waals surface area contributed by atoms with Gasteiger partial charge in [0.1, 0.15) is 5.69 Å². The van der Waals surface area contributed by atoms with Crippen molar-refractivity contribution in [3.05, 3.63) is 34.2 Å². The van der Waals surface area contributed by atoms with E-state index in [1.807, 2.05) is 0 Å². The van der Waals surface area contributed by atoms with Crippen LogP contribution in [0.2, 0.25) is 0 Å². The van der Waals surface area contributed by atoms with Crippen LogP contribution < -0.4 is 10.9 Å². The van der Waals surface area contributed by atoms with Gasteiger partial charge in [-0.1, -0.05) is 13.0 Å². The second kappa shape index (κ2) is 5.83. The summed E-state index contributed by atoms with van der Waals surface area (Å²) in [7, 11) is 0. The normalized spacial score (nSPS) is 11.8. The van der Waals surface area contributed by atoms with Gasteiger partial charge in [0.25, 0.3) is 5.91 Å². The van der Waals surface area contributed by atoms with E-state index in [0.717, 1.165) is 0 Å². The summed E-state index contributed by atoms with van der Waals surface area (Å²) in [5, 5.41) is 11.2. The number of carboxylic acids is 1. The largest absolute Gasteiger partial charge is 0.481 e. The molecule has 0 aromatic carbocycles. The number of aliphatic carboxylic acids is 1. The van der Waals surface area contributed by atoms with Gasteiger partial charge < -0.3 is 15.4 Å². The molecule has 17 heavy (non-hydrogen) atoms. The van der Waals surface area contributed by atoms with Crippen molar-refractivity contribution in [2.75, 3.05) is 0 Å². The molecule has 0 spiro atoms. The van der Waals surface area contributed by atoms with Gasteiger partial charge in [-0.15, -0.1) is 0 Å². The van der Waals surface area contributed by atoms with Gasteiger partial charge in [-0.25, -0.2) is 0 Å². The number of nitrogens with one attached hydrogen (secondary N) is 2. The molecule has 0 saturated carbocycles. The van der Waals surface area contributed by atoms with Crippen molar-refractivity contribution in [3.63, 3.8) is 0 Å². The van der Waals surface area contributed by atoms with Crippen LogP contribution in [0.25, 0.3) is 0 Å². The molecule has 1 rings (SSSR count). The van der Waals surface area contributed by atoms with Gasteiger partial charge in [-0.3, -0.25) is 14.4 Å². The van der Waals surface area contributed by atoms with Gasteiger partial charge in [0, 0.05) is 12.1 Å². The number of hydrogen-bond acceptors (Lipinski definition) is 3. The zero-order valence-corrected chi connectivity index (χ0v) is 9.40. The second-order valence-electron chi connectivity index (χ2n) is 3.61. The minimum absolute atomic E-state index is 0.126. The van der Waals surface area contributed by atoms with Crippen molar-refractivity contribution in [2.24, 2.45) is 0 Å². The van der Waals surface area contributed by atoms with Gasteiger partial charge >= 0.3 is 5.97 Å². The van der Waals surface area contributed by atoms with E-state index in [0.29, 0.717) is 6.42 Å². The molecular formula is C11H14N2O4. The van der Waals surface area contributed by atoms with Gasteiger partial charge in [0.05, 0.1) is 6.42 Å².